The van der Waals surface area contributed by atoms with E-state index in [-0.39, 0.29) is 16.4 Å². The summed E-state index contributed by atoms with van der Waals surface area (Å²) in [7, 11) is -1.06. The van der Waals surface area contributed by atoms with Crippen molar-refractivity contribution in [2.24, 2.45) is 0 Å². The highest BCUT2D eigenvalue weighted by molar-refractivity contribution is 7.92. The zero-order chi connectivity index (χ0) is 25.0. The first-order valence-electron chi connectivity index (χ1n) is 10.5. The van der Waals surface area contributed by atoms with Crippen molar-refractivity contribution in [3.63, 3.8) is 0 Å². The van der Waals surface area contributed by atoms with Gasteiger partial charge in [0.15, 0.2) is 5.13 Å². The molecule has 0 bridgehead atoms. The van der Waals surface area contributed by atoms with Gasteiger partial charge >= 0.3 is 0 Å². The summed E-state index contributed by atoms with van der Waals surface area (Å²) in [6, 6.07) is 18.6. The number of nitrogens with one attached hydrogen (secondary N) is 2. The zero-order valence-corrected chi connectivity index (χ0v) is 20.9. The van der Waals surface area contributed by atoms with E-state index in [1.807, 2.05) is 25.1 Å². The predicted molar refractivity (Wildman–Crippen MR) is 137 cm³/mol. The van der Waals surface area contributed by atoms with Gasteiger partial charge in [0.05, 0.1) is 25.3 Å². The largest absolute Gasteiger partial charge is 0.497 e. The summed E-state index contributed by atoms with van der Waals surface area (Å²) in [5.74, 6) is 0.525. The van der Waals surface area contributed by atoms with E-state index in [1.165, 1.54) is 37.7 Å². The van der Waals surface area contributed by atoms with Crippen LogP contribution in [0.4, 0.5) is 16.5 Å². The fourth-order valence-electron chi connectivity index (χ4n) is 3.35. The lowest BCUT2D eigenvalue weighted by Crippen LogP contribution is -2.14. The van der Waals surface area contributed by atoms with E-state index in [2.05, 4.69) is 15.0 Å². The van der Waals surface area contributed by atoms with Gasteiger partial charge in [-0.15, -0.1) is 0 Å². The summed E-state index contributed by atoms with van der Waals surface area (Å²) in [6.45, 7) is 1.90. The number of carbonyl (C=O) groups is 1. The molecule has 0 spiro atoms. The molecule has 0 saturated carbocycles. The lowest BCUT2D eigenvalue weighted by atomic mass is 10.0. The molecule has 1 heterocycles. The number of anilines is 3. The molecule has 1 aromatic heterocycles. The zero-order valence-electron chi connectivity index (χ0n) is 19.2. The Bertz CT molecular complexity index is 1460. The molecule has 4 aromatic rings. The minimum Gasteiger partial charge on any atom is -0.497 e. The Balaban J connectivity index is 1.47. The van der Waals surface area contributed by atoms with Gasteiger partial charge < -0.3 is 14.8 Å². The quantitative estimate of drug-likeness (QED) is 0.297. The van der Waals surface area contributed by atoms with Crippen molar-refractivity contribution in [2.75, 3.05) is 24.3 Å². The number of nitrogens with zero attached hydrogens (tertiary/aromatic N) is 1. The van der Waals surface area contributed by atoms with Gasteiger partial charge in [-0.1, -0.05) is 35.6 Å². The maximum absolute atomic E-state index is 12.9. The van der Waals surface area contributed by atoms with Crippen LogP contribution in [0.3, 0.4) is 0 Å². The van der Waals surface area contributed by atoms with E-state index >= 15 is 0 Å². The van der Waals surface area contributed by atoms with E-state index in [4.69, 9.17) is 9.47 Å². The smallest absolute Gasteiger partial charge is 0.265 e. The summed E-state index contributed by atoms with van der Waals surface area (Å²) in [4.78, 5) is 17.6. The summed E-state index contributed by atoms with van der Waals surface area (Å²) in [6.07, 6.45) is 1.55. The number of sulfonamides is 1. The Hall–Kier alpha value is -3.89. The second-order valence-electron chi connectivity index (χ2n) is 7.50. The van der Waals surface area contributed by atoms with Crippen molar-refractivity contribution in [1.82, 2.24) is 4.98 Å². The summed E-state index contributed by atoms with van der Waals surface area (Å²) in [5, 5.41) is 3.69. The fraction of sp³-hybridized carbons (Fsp3) is 0.120. The highest BCUT2D eigenvalue weighted by atomic mass is 32.2. The van der Waals surface area contributed by atoms with Crippen molar-refractivity contribution in [3.8, 4) is 11.5 Å². The Labute approximate surface area is 207 Å². The summed E-state index contributed by atoms with van der Waals surface area (Å²) < 4.78 is 38.7. The molecule has 4 rings (SSSR count). The highest BCUT2D eigenvalue weighted by Gasteiger charge is 2.21. The van der Waals surface area contributed by atoms with Crippen molar-refractivity contribution in [2.45, 2.75) is 11.8 Å². The molecule has 10 heteroatoms. The molecule has 8 nitrogen and oxygen atoms in total. The maximum Gasteiger partial charge on any atom is 0.265 e. The summed E-state index contributed by atoms with van der Waals surface area (Å²) >= 11 is 1.25. The van der Waals surface area contributed by atoms with Crippen molar-refractivity contribution >= 4 is 43.6 Å². The van der Waals surface area contributed by atoms with Crippen LogP contribution in [0.25, 0.3) is 0 Å². The molecule has 3 aromatic carbocycles. The number of aryl methyl sites for hydroxylation is 1. The van der Waals surface area contributed by atoms with Gasteiger partial charge in [0.25, 0.3) is 10.0 Å². The topological polar surface area (TPSA) is 107 Å². The lowest BCUT2D eigenvalue weighted by Gasteiger charge is -2.13. The molecule has 0 aliphatic heterocycles. The molecule has 0 radical (unpaired) electrons. The molecular weight excluding hydrogens is 486 g/mol. The van der Waals surface area contributed by atoms with E-state index in [0.717, 1.165) is 5.56 Å². The SMILES string of the molecule is COc1ccc(OC)c(S(=O)(=O)Nc2ccc(Nc3ncc(C(=O)c4ccccc4C)s3)cc2)c1. The Morgan fingerprint density at radius 3 is 2.34 bits per heavy atom. The Morgan fingerprint density at radius 1 is 0.943 bits per heavy atom. The van der Waals surface area contributed by atoms with Gasteiger partial charge in [0.1, 0.15) is 16.4 Å². The number of carbonyl (C=O) groups excluding carboxylic acids is 1. The molecule has 0 amide bonds. The molecule has 0 unspecified atom stereocenters. The van der Waals surface area contributed by atoms with Gasteiger partial charge in [-0.3, -0.25) is 9.52 Å². The highest BCUT2D eigenvalue weighted by Crippen LogP contribution is 2.30. The van der Waals surface area contributed by atoms with Crippen LogP contribution >= 0.6 is 11.3 Å². The average molecular weight is 510 g/mol. The first kappa shape index (κ1) is 24.2. The maximum atomic E-state index is 12.9. The number of hydrogen-bond acceptors (Lipinski definition) is 8. The Kier molecular flexibility index (Phi) is 7.04. The lowest BCUT2D eigenvalue weighted by molar-refractivity contribution is 0.104. The van der Waals surface area contributed by atoms with E-state index < -0.39 is 10.0 Å². The second kappa shape index (κ2) is 10.2. The van der Waals surface area contributed by atoms with Gasteiger partial charge in [-0.2, -0.15) is 0 Å². The fourth-order valence-corrected chi connectivity index (χ4v) is 5.38. The average Bonchev–Trinajstić information content (AvgIpc) is 3.33. The molecule has 2 N–H and O–H groups in total. The molecule has 0 aliphatic rings. The van der Waals surface area contributed by atoms with Crippen LogP contribution in [0, 0.1) is 6.92 Å². The van der Waals surface area contributed by atoms with Crippen LogP contribution in [0.2, 0.25) is 0 Å². The third-order valence-corrected chi connectivity index (χ3v) is 7.48. The van der Waals surface area contributed by atoms with Gasteiger partial charge in [0, 0.05) is 23.0 Å². The number of aromatic nitrogens is 1. The van der Waals surface area contributed by atoms with Crippen LogP contribution in [-0.4, -0.2) is 33.4 Å². The number of rotatable bonds is 9. The number of methoxy groups -OCH3 is 2. The third kappa shape index (κ3) is 5.44. The van der Waals surface area contributed by atoms with Gasteiger partial charge in [0.2, 0.25) is 5.78 Å². The number of ether oxygens (including phenoxy) is 2. The van der Waals surface area contributed by atoms with Crippen molar-refractivity contribution < 1.29 is 22.7 Å². The van der Waals surface area contributed by atoms with E-state index in [1.54, 1.807) is 42.6 Å². The molecular formula is C25H23N3O5S2. The monoisotopic (exact) mass is 509 g/mol. The normalized spacial score (nSPS) is 11.1. The van der Waals surface area contributed by atoms with Crippen LogP contribution in [-0.2, 0) is 10.0 Å². The van der Waals surface area contributed by atoms with Crippen LogP contribution < -0.4 is 19.5 Å². The molecule has 0 aliphatic carbocycles. The van der Waals surface area contributed by atoms with E-state index in [0.29, 0.717) is 32.7 Å². The Morgan fingerprint density at radius 2 is 1.66 bits per heavy atom. The summed E-state index contributed by atoms with van der Waals surface area (Å²) in [5.41, 5.74) is 2.61. The van der Waals surface area contributed by atoms with Crippen molar-refractivity contribution in [3.05, 3.63) is 88.9 Å². The minimum atomic E-state index is -3.92. The van der Waals surface area contributed by atoms with Crippen LogP contribution in [0.5, 0.6) is 11.5 Å². The first-order chi connectivity index (χ1) is 16.8. The number of thiazole rings is 1. The molecule has 180 valence electrons. The second-order valence-corrected chi connectivity index (χ2v) is 10.2. The molecule has 35 heavy (non-hydrogen) atoms. The third-order valence-electron chi connectivity index (χ3n) is 5.17. The number of hydrogen-bond donors (Lipinski definition) is 2. The first-order valence-corrected chi connectivity index (χ1v) is 12.8. The minimum absolute atomic E-state index is 0.0322. The predicted octanol–water partition coefficient (Wildman–Crippen LogP) is 5.24. The van der Waals surface area contributed by atoms with Crippen LogP contribution in [0.1, 0.15) is 20.8 Å². The number of benzene rings is 3. The van der Waals surface area contributed by atoms with Gasteiger partial charge in [-0.25, -0.2) is 13.4 Å². The van der Waals surface area contributed by atoms with Crippen LogP contribution in [0.15, 0.2) is 77.8 Å². The molecule has 0 atom stereocenters. The van der Waals surface area contributed by atoms with E-state index in [9.17, 15) is 13.2 Å². The molecule has 0 fully saturated rings. The van der Waals surface area contributed by atoms with Gasteiger partial charge in [-0.05, 0) is 48.9 Å². The number of ketones is 1. The van der Waals surface area contributed by atoms with Crippen molar-refractivity contribution in [1.29, 1.82) is 0 Å². The molecule has 0 saturated heterocycles. The standard InChI is InChI=1S/C25H23N3O5S2/c1-16-6-4-5-7-20(16)24(29)22-15-26-25(34-22)27-17-8-10-18(11-9-17)28-35(30,31)23-14-19(32-2)12-13-21(23)33-3/h4-15,28H,1-3H3,(H,26,27).